The number of thiazole rings is 1. The lowest BCUT2D eigenvalue weighted by Crippen LogP contribution is -2.27. The smallest absolute Gasteiger partial charge is 0.230 e. The lowest BCUT2D eigenvalue weighted by molar-refractivity contribution is -0.118. The number of rotatable bonds is 8. The van der Waals surface area contributed by atoms with Crippen molar-refractivity contribution in [2.75, 3.05) is 12.3 Å². The second-order valence-electron chi connectivity index (χ2n) is 5.73. The van der Waals surface area contributed by atoms with Crippen LogP contribution in [0.2, 0.25) is 0 Å². The monoisotopic (exact) mass is 438 g/mol. The molecule has 0 fully saturated rings. The van der Waals surface area contributed by atoms with Crippen LogP contribution in [0.4, 0.5) is 0 Å². The van der Waals surface area contributed by atoms with Crippen LogP contribution in [0.15, 0.2) is 61.4 Å². The number of benzene rings is 1. The topological polar surface area (TPSA) is 76.1 Å². The molecule has 142 valence electrons. The summed E-state index contributed by atoms with van der Waals surface area (Å²) in [4.78, 5) is 17.5. The van der Waals surface area contributed by atoms with Gasteiger partial charge in [0.15, 0.2) is 5.03 Å². The van der Waals surface area contributed by atoms with Crippen LogP contribution in [0.3, 0.4) is 0 Å². The molecule has 2 aromatic heterocycles. The number of carbonyl (C=O) groups excluding carboxylic acids is 1. The number of hydrogen-bond acceptors (Lipinski definition) is 7. The number of sulfone groups is 1. The predicted molar refractivity (Wildman–Crippen MR) is 111 cm³/mol. The van der Waals surface area contributed by atoms with E-state index in [1.807, 2.05) is 24.4 Å². The lowest BCUT2D eigenvalue weighted by Gasteiger charge is -2.06. The van der Waals surface area contributed by atoms with E-state index in [2.05, 4.69) is 10.3 Å². The molecule has 0 unspecified atom stereocenters. The second-order valence-corrected chi connectivity index (χ2v) is 10.7. The van der Waals surface area contributed by atoms with E-state index >= 15 is 0 Å². The molecule has 1 aromatic carbocycles. The number of nitrogens with one attached hydrogen (secondary N) is 1. The fourth-order valence-electron chi connectivity index (χ4n) is 2.29. The summed E-state index contributed by atoms with van der Waals surface area (Å²) in [6.45, 7) is 2.47. The molecule has 27 heavy (non-hydrogen) atoms. The third-order valence-electron chi connectivity index (χ3n) is 3.70. The van der Waals surface area contributed by atoms with Crippen molar-refractivity contribution in [3.63, 3.8) is 0 Å². The van der Waals surface area contributed by atoms with Crippen LogP contribution in [0, 0.1) is 6.92 Å². The molecular formula is C18H18N2O3S4. The highest BCUT2D eigenvalue weighted by Crippen LogP contribution is 2.33. The number of nitrogens with zero attached hydrogens (tertiary/aromatic N) is 1. The Kier molecular flexibility index (Phi) is 6.69. The van der Waals surface area contributed by atoms with Crippen molar-refractivity contribution in [1.29, 1.82) is 0 Å². The van der Waals surface area contributed by atoms with Gasteiger partial charge in [0.05, 0.1) is 20.4 Å². The first-order chi connectivity index (χ1) is 13.0. The van der Waals surface area contributed by atoms with Crippen molar-refractivity contribution in [2.45, 2.75) is 27.5 Å². The highest BCUT2D eigenvalue weighted by Gasteiger charge is 2.25. The number of carbonyl (C=O) groups is 1. The van der Waals surface area contributed by atoms with E-state index in [-0.39, 0.29) is 21.6 Å². The largest absolute Gasteiger partial charge is 0.355 e. The van der Waals surface area contributed by atoms with Gasteiger partial charge in [-0.05, 0) is 36.9 Å². The van der Waals surface area contributed by atoms with E-state index in [9.17, 15) is 13.2 Å². The van der Waals surface area contributed by atoms with Crippen LogP contribution in [-0.4, -0.2) is 31.6 Å². The van der Waals surface area contributed by atoms with Crippen LogP contribution in [0.1, 0.15) is 10.4 Å². The van der Waals surface area contributed by atoms with Gasteiger partial charge in [-0.3, -0.25) is 4.79 Å². The molecule has 0 radical (unpaired) electrons. The molecule has 0 spiro atoms. The molecule has 3 rings (SSSR count). The van der Waals surface area contributed by atoms with Gasteiger partial charge in [-0.2, -0.15) is 0 Å². The Morgan fingerprint density at radius 1 is 1.19 bits per heavy atom. The van der Waals surface area contributed by atoms with E-state index < -0.39 is 9.84 Å². The quantitative estimate of drug-likeness (QED) is 0.542. The van der Waals surface area contributed by atoms with Crippen molar-refractivity contribution in [1.82, 2.24) is 10.3 Å². The van der Waals surface area contributed by atoms with E-state index in [1.54, 1.807) is 35.6 Å². The fraction of sp³-hybridized carbons (Fsp3) is 0.222. The van der Waals surface area contributed by atoms with Crippen LogP contribution in [-0.2, 0) is 21.1 Å². The third-order valence-corrected chi connectivity index (χ3v) is 8.73. The molecule has 2 heterocycles. The number of aryl methyl sites for hydroxylation is 1. The summed E-state index contributed by atoms with van der Waals surface area (Å²) < 4.78 is 26.1. The Bertz CT molecular complexity index is 994. The predicted octanol–water partition coefficient (Wildman–Crippen LogP) is 3.80. The zero-order chi connectivity index (χ0) is 19.3. The van der Waals surface area contributed by atoms with Crippen LogP contribution < -0.4 is 5.32 Å². The molecule has 3 aromatic rings. The third kappa shape index (κ3) is 5.19. The Labute approximate surface area is 170 Å². The summed E-state index contributed by atoms with van der Waals surface area (Å²) in [7, 11) is -3.69. The van der Waals surface area contributed by atoms with Gasteiger partial charge in [0, 0.05) is 11.4 Å². The maximum atomic E-state index is 12.8. The first-order valence-electron chi connectivity index (χ1n) is 8.14. The fourth-order valence-corrected chi connectivity index (χ4v) is 6.70. The second kappa shape index (κ2) is 9.01. The minimum atomic E-state index is -3.69. The maximum absolute atomic E-state index is 12.8. The number of thioether (sulfide) groups is 1. The minimum absolute atomic E-state index is 0.0211. The average Bonchev–Trinajstić information content (AvgIpc) is 3.32. The van der Waals surface area contributed by atoms with Crippen molar-refractivity contribution in [3.05, 3.63) is 57.7 Å². The van der Waals surface area contributed by atoms with Gasteiger partial charge in [0.2, 0.25) is 15.7 Å². The Balaban J connectivity index is 1.59. The molecule has 0 aliphatic carbocycles. The van der Waals surface area contributed by atoms with Crippen LogP contribution in [0.25, 0.3) is 0 Å². The summed E-state index contributed by atoms with van der Waals surface area (Å²) in [5, 5.41) is 4.89. The molecule has 0 atom stereocenters. The van der Waals surface area contributed by atoms with Gasteiger partial charge in [-0.25, -0.2) is 13.4 Å². The van der Waals surface area contributed by atoms with Gasteiger partial charge in [0.25, 0.3) is 0 Å². The lowest BCUT2D eigenvalue weighted by atomic mass is 10.2. The SMILES string of the molecule is Cc1ccc(S(=O)(=O)c2ncsc2SCC(=O)NCCc2cccs2)cc1. The number of amides is 1. The van der Waals surface area contributed by atoms with Gasteiger partial charge in [0.1, 0.15) is 0 Å². The number of hydrogen-bond donors (Lipinski definition) is 1. The molecule has 0 bridgehead atoms. The van der Waals surface area contributed by atoms with Gasteiger partial charge < -0.3 is 5.32 Å². The Hall–Kier alpha value is -1.68. The molecule has 0 aliphatic rings. The zero-order valence-corrected chi connectivity index (χ0v) is 17.8. The van der Waals surface area contributed by atoms with Gasteiger partial charge >= 0.3 is 0 Å². The first kappa shape index (κ1) is 20.1. The number of aromatic nitrogens is 1. The highest BCUT2D eigenvalue weighted by molar-refractivity contribution is 8.02. The van der Waals surface area contributed by atoms with Crippen molar-refractivity contribution in [3.8, 4) is 0 Å². The molecular weight excluding hydrogens is 420 g/mol. The highest BCUT2D eigenvalue weighted by atomic mass is 32.2. The molecule has 1 N–H and O–H groups in total. The standard InChI is InChI=1S/C18H18N2O3S4/c1-13-4-6-15(7-5-13)27(22,23)17-18(26-12-20-17)25-11-16(21)19-9-8-14-3-2-10-24-14/h2-7,10,12H,8-9,11H2,1H3,(H,19,21). The van der Waals surface area contributed by atoms with Crippen molar-refractivity contribution >= 4 is 50.2 Å². The minimum Gasteiger partial charge on any atom is -0.355 e. The Morgan fingerprint density at radius 2 is 1.96 bits per heavy atom. The molecule has 5 nitrogen and oxygen atoms in total. The summed E-state index contributed by atoms with van der Waals surface area (Å²) >= 11 is 4.09. The molecule has 1 amide bonds. The zero-order valence-electron chi connectivity index (χ0n) is 14.5. The van der Waals surface area contributed by atoms with E-state index in [1.165, 1.54) is 33.5 Å². The van der Waals surface area contributed by atoms with E-state index in [4.69, 9.17) is 0 Å². The molecule has 0 saturated carbocycles. The summed E-state index contributed by atoms with van der Waals surface area (Å²) in [5.41, 5.74) is 2.49. The summed E-state index contributed by atoms with van der Waals surface area (Å²) in [6.07, 6.45) is 0.793. The van der Waals surface area contributed by atoms with Crippen LogP contribution in [0.5, 0.6) is 0 Å². The number of thiophene rings is 1. The van der Waals surface area contributed by atoms with Crippen molar-refractivity contribution in [2.24, 2.45) is 0 Å². The van der Waals surface area contributed by atoms with Crippen LogP contribution >= 0.6 is 34.4 Å². The van der Waals surface area contributed by atoms with E-state index in [0.717, 1.165) is 12.0 Å². The first-order valence-corrected chi connectivity index (χ1v) is 12.4. The summed E-state index contributed by atoms with van der Waals surface area (Å²) in [5.74, 6) is 0.0342. The molecule has 0 saturated heterocycles. The maximum Gasteiger partial charge on any atom is 0.230 e. The average molecular weight is 439 g/mol. The van der Waals surface area contributed by atoms with E-state index in [0.29, 0.717) is 10.8 Å². The Morgan fingerprint density at radius 3 is 2.67 bits per heavy atom. The van der Waals surface area contributed by atoms with Gasteiger partial charge in [-0.1, -0.05) is 23.8 Å². The van der Waals surface area contributed by atoms with Crippen molar-refractivity contribution < 1.29 is 13.2 Å². The molecule has 9 heteroatoms. The molecule has 0 aliphatic heterocycles. The van der Waals surface area contributed by atoms with Gasteiger partial charge in [-0.15, -0.1) is 34.4 Å². The normalized spacial score (nSPS) is 11.4. The summed E-state index contributed by atoms with van der Waals surface area (Å²) in [6, 6.07) is 10.7.